The Balaban J connectivity index is 1.82. The minimum absolute atomic E-state index is 0.764. The molecule has 0 saturated heterocycles. The van der Waals surface area contributed by atoms with Crippen molar-refractivity contribution < 1.29 is 0 Å². The minimum Gasteiger partial charge on any atom is -0.379 e. The van der Waals surface area contributed by atoms with Gasteiger partial charge in [0, 0.05) is 6.54 Å². The second-order valence-corrected chi connectivity index (χ2v) is 4.11. The van der Waals surface area contributed by atoms with Gasteiger partial charge in [-0.15, -0.1) is 5.10 Å². The Morgan fingerprint density at radius 1 is 0.947 bits per heavy atom. The fraction of sp³-hybridized carbons (Fsp3) is 0.0714. The van der Waals surface area contributed by atoms with Gasteiger partial charge in [-0.05, 0) is 28.1 Å². The van der Waals surface area contributed by atoms with E-state index in [-0.39, 0.29) is 0 Å². The van der Waals surface area contributed by atoms with E-state index in [9.17, 15) is 0 Å². The molecule has 0 amide bonds. The van der Waals surface area contributed by atoms with E-state index >= 15 is 0 Å². The first-order valence-electron chi connectivity index (χ1n) is 6.04. The third-order valence-electron chi connectivity index (χ3n) is 2.83. The number of nitrogens with zero attached hydrogens (tertiary/aromatic N) is 4. The van der Waals surface area contributed by atoms with E-state index in [1.165, 1.54) is 5.56 Å². The van der Waals surface area contributed by atoms with Crippen LogP contribution < -0.4 is 5.32 Å². The molecule has 3 aromatic rings. The van der Waals surface area contributed by atoms with Crippen LogP contribution in [0.3, 0.4) is 0 Å². The summed E-state index contributed by atoms with van der Waals surface area (Å²) in [5.74, 6) is 0. The molecule has 0 atom stereocenters. The Morgan fingerprint density at radius 2 is 1.74 bits per heavy atom. The van der Waals surface area contributed by atoms with Crippen molar-refractivity contribution in [2.24, 2.45) is 0 Å². The van der Waals surface area contributed by atoms with Crippen molar-refractivity contribution in [3.05, 3.63) is 66.5 Å². The highest BCUT2D eigenvalue weighted by molar-refractivity contribution is 5.60. The van der Waals surface area contributed by atoms with E-state index in [0.717, 1.165) is 17.9 Å². The fourth-order valence-electron chi connectivity index (χ4n) is 1.89. The minimum atomic E-state index is 0.764. The maximum absolute atomic E-state index is 3.92. The van der Waals surface area contributed by atoms with Gasteiger partial charge in [0.15, 0.2) is 0 Å². The molecule has 0 aliphatic rings. The van der Waals surface area contributed by atoms with Crippen molar-refractivity contribution >= 4 is 5.69 Å². The molecular formula is C14H13N5. The third-order valence-corrected chi connectivity index (χ3v) is 2.83. The van der Waals surface area contributed by atoms with E-state index < -0.39 is 0 Å². The van der Waals surface area contributed by atoms with Crippen LogP contribution in [0.5, 0.6) is 0 Å². The quantitative estimate of drug-likeness (QED) is 0.773. The largest absolute Gasteiger partial charge is 0.379 e. The van der Waals surface area contributed by atoms with Gasteiger partial charge in [-0.2, -0.15) is 4.68 Å². The lowest BCUT2D eigenvalue weighted by Crippen LogP contribution is -2.04. The van der Waals surface area contributed by atoms with Crippen LogP contribution in [0.1, 0.15) is 5.56 Å². The molecule has 5 heteroatoms. The van der Waals surface area contributed by atoms with Gasteiger partial charge in [-0.3, -0.25) is 0 Å². The monoisotopic (exact) mass is 251 g/mol. The summed E-state index contributed by atoms with van der Waals surface area (Å²) in [4.78, 5) is 0. The second kappa shape index (κ2) is 5.30. The lowest BCUT2D eigenvalue weighted by Gasteiger charge is -2.11. The summed E-state index contributed by atoms with van der Waals surface area (Å²) in [6.07, 6.45) is 1.59. The fourth-order valence-corrected chi connectivity index (χ4v) is 1.89. The van der Waals surface area contributed by atoms with Gasteiger partial charge in [0.05, 0.1) is 11.4 Å². The molecule has 0 radical (unpaired) electrons. The highest BCUT2D eigenvalue weighted by atomic mass is 15.5. The van der Waals surface area contributed by atoms with Crippen LogP contribution in [-0.4, -0.2) is 20.2 Å². The van der Waals surface area contributed by atoms with Crippen molar-refractivity contribution in [2.75, 3.05) is 5.32 Å². The number of para-hydroxylation sites is 2. The number of tetrazole rings is 1. The van der Waals surface area contributed by atoms with E-state index in [2.05, 4.69) is 33.0 Å². The zero-order valence-corrected chi connectivity index (χ0v) is 10.3. The van der Waals surface area contributed by atoms with Crippen molar-refractivity contribution in [3.8, 4) is 5.69 Å². The van der Waals surface area contributed by atoms with Crippen molar-refractivity contribution in [2.45, 2.75) is 6.54 Å². The summed E-state index contributed by atoms with van der Waals surface area (Å²) in [5, 5.41) is 14.6. The second-order valence-electron chi connectivity index (χ2n) is 4.11. The molecule has 1 N–H and O–H groups in total. The van der Waals surface area contributed by atoms with Crippen molar-refractivity contribution in [1.82, 2.24) is 20.2 Å². The molecule has 3 rings (SSSR count). The van der Waals surface area contributed by atoms with Crippen LogP contribution >= 0.6 is 0 Å². The van der Waals surface area contributed by atoms with E-state index in [0.29, 0.717) is 0 Å². The average molecular weight is 251 g/mol. The molecule has 2 aromatic carbocycles. The number of aromatic nitrogens is 4. The normalized spacial score (nSPS) is 10.3. The summed E-state index contributed by atoms with van der Waals surface area (Å²) in [6.45, 7) is 0.764. The number of rotatable bonds is 4. The first-order valence-corrected chi connectivity index (χ1v) is 6.04. The molecule has 19 heavy (non-hydrogen) atoms. The molecule has 1 heterocycles. The Hall–Kier alpha value is -2.69. The average Bonchev–Trinajstić information content (AvgIpc) is 3.01. The van der Waals surface area contributed by atoms with Crippen LogP contribution in [0.4, 0.5) is 5.69 Å². The highest BCUT2D eigenvalue weighted by Gasteiger charge is 2.04. The van der Waals surface area contributed by atoms with Gasteiger partial charge in [0.1, 0.15) is 6.33 Å². The van der Waals surface area contributed by atoms with Crippen LogP contribution in [0.25, 0.3) is 5.69 Å². The van der Waals surface area contributed by atoms with Gasteiger partial charge >= 0.3 is 0 Å². The lowest BCUT2D eigenvalue weighted by atomic mass is 10.2. The molecule has 94 valence electrons. The number of nitrogens with one attached hydrogen (secondary N) is 1. The standard InChI is InChI=1S/C14H13N5/c1-2-6-12(7-3-1)10-15-13-8-4-5-9-14(13)19-11-16-17-18-19/h1-9,11,15H,10H2. The van der Waals surface area contributed by atoms with Crippen LogP contribution in [0.2, 0.25) is 0 Å². The van der Waals surface area contributed by atoms with E-state index in [4.69, 9.17) is 0 Å². The molecule has 1 aromatic heterocycles. The van der Waals surface area contributed by atoms with Gasteiger partial charge in [0.25, 0.3) is 0 Å². The molecule has 5 nitrogen and oxygen atoms in total. The molecule has 0 aliphatic carbocycles. The first-order chi connectivity index (χ1) is 9.43. The predicted octanol–water partition coefficient (Wildman–Crippen LogP) is 2.27. The molecular weight excluding hydrogens is 238 g/mol. The predicted molar refractivity (Wildman–Crippen MR) is 72.9 cm³/mol. The van der Waals surface area contributed by atoms with Crippen molar-refractivity contribution in [1.29, 1.82) is 0 Å². The Bertz CT molecular complexity index is 634. The van der Waals surface area contributed by atoms with Gasteiger partial charge in [-0.1, -0.05) is 42.5 Å². The summed E-state index contributed by atoms with van der Waals surface area (Å²) >= 11 is 0. The van der Waals surface area contributed by atoms with E-state index in [1.807, 2.05) is 42.5 Å². The number of benzene rings is 2. The molecule has 0 aliphatic heterocycles. The Labute approximate surface area is 110 Å². The molecule has 0 spiro atoms. The van der Waals surface area contributed by atoms with Crippen LogP contribution in [0, 0.1) is 0 Å². The van der Waals surface area contributed by atoms with Crippen molar-refractivity contribution in [3.63, 3.8) is 0 Å². The van der Waals surface area contributed by atoms with E-state index in [1.54, 1.807) is 11.0 Å². The molecule has 0 saturated carbocycles. The number of anilines is 1. The smallest absolute Gasteiger partial charge is 0.143 e. The topological polar surface area (TPSA) is 55.6 Å². The van der Waals surface area contributed by atoms with Gasteiger partial charge in [0.2, 0.25) is 0 Å². The summed E-state index contributed by atoms with van der Waals surface area (Å²) < 4.78 is 1.65. The summed E-state index contributed by atoms with van der Waals surface area (Å²) in [5.41, 5.74) is 3.16. The zero-order valence-electron chi connectivity index (χ0n) is 10.3. The highest BCUT2D eigenvalue weighted by Crippen LogP contribution is 2.19. The van der Waals surface area contributed by atoms with Gasteiger partial charge in [-0.25, -0.2) is 0 Å². The summed E-state index contributed by atoms with van der Waals surface area (Å²) in [7, 11) is 0. The Kier molecular flexibility index (Phi) is 3.18. The SMILES string of the molecule is c1ccc(CNc2ccccc2-n2cnnn2)cc1. The molecule has 0 fully saturated rings. The molecule has 0 unspecified atom stereocenters. The first kappa shape index (κ1) is 11.4. The Morgan fingerprint density at radius 3 is 2.53 bits per heavy atom. The molecule has 0 bridgehead atoms. The number of hydrogen-bond acceptors (Lipinski definition) is 4. The van der Waals surface area contributed by atoms with Gasteiger partial charge < -0.3 is 5.32 Å². The van der Waals surface area contributed by atoms with Crippen LogP contribution in [-0.2, 0) is 6.54 Å². The van der Waals surface area contributed by atoms with Crippen LogP contribution in [0.15, 0.2) is 60.9 Å². The zero-order chi connectivity index (χ0) is 12.9. The third kappa shape index (κ3) is 2.60. The number of hydrogen-bond donors (Lipinski definition) is 1. The summed E-state index contributed by atoms with van der Waals surface area (Å²) in [6, 6.07) is 18.2. The lowest BCUT2D eigenvalue weighted by molar-refractivity contribution is 0.789. The maximum atomic E-state index is 3.92. The maximum Gasteiger partial charge on any atom is 0.143 e.